The maximum absolute atomic E-state index is 9.45. The predicted molar refractivity (Wildman–Crippen MR) is 137 cm³/mol. The fourth-order valence-corrected chi connectivity index (χ4v) is 3.52. The fourth-order valence-electron chi connectivity index (χ4n) is 3.52. The van der Waals surface area contributed by atoms with Crippen LogP contribution in [0.5, 0.6) is 0 Å². The van der Waals surface area contributed by atoms with Crippen LogP contribution in [0.25, 0.3) is 34.3 Å². The zero-order chi connectivity index (χ0) is 26.4. The zero-order valence-corrected chi connectivity index (χ0v) is 20.8. The van der Waals surface area contributed by atoms with Gasteiger partial charge in [-0.25, -0.2) is 9.97 Å². The number of nitriles is 1. The van der Waals surface area contributed by atoms with Gasteiger partial charge in [0.1, 0.15) is 0 Å². The first-order valence-corrected chi connectivity index (χ1v) is 11.6. The molecule has 0 radical (unpaired) electrons. The van der Waals surface area contributed by atoms with E-state index in [0.717, 1.165) is 16.7 Å². The molecule has 3 heterocycles. The first kappa shape index (κ1) is 25.8. The van der Waals surface area contributed by atoms with Gasteiger partial charge in [0, 0.05) is 31.0 Å². The van der Waals surface area contributed by atoms with Crippen molar-refractivity contribution in [1.29, 1.82) is 5.26 Å². The molecule has 0 aliphatic heterocycles. The average Bonchev–Trinajstić information content (AvgIpc) is 3.42. The predicted octanol–water partition coefficient (Wildman–Crippen LogP) is 2.74. The Morgan fingerprint density at radius 3 is 2.59 bits per heavy atom. The Morgan fingerprint density at radius 1 is 1.14 bits per heavy atom. The van der Waals surface area contributed by atoms with Crippen LogP contribution in [0.15, 0.2) is 53.2 Å². The highest BCUT2D eigenvalue weighted by atomic mass is 16.5. The summed E-state index contributed by atoms with van der Waals surface area (Å²) in [6.45, 7) is 4.59. The first-order chi connectivity index (χ1) is 17.8. The smallest absolute Gasteiger partial charge is 0.270 e. The largest absolute Gasteiger partial charge is 0.414 e. The lowest BCUT2D eigenvalue weighted by molar-refractivity contribution is 0.128. The molecule has 11 heteroatoms. The number of ether oxygens (including phenoxy) is 1. The van der Waals surface area contributed by atoms with E-state index < -0.39 is 5.41 Å². The summed E-state index contributed by atoms with van der Waals surface area (Å²) in [5.74, 6) is 0.613. The van der Waals surface area contributed by atoms with Gasteiger partial charge in [0.05, 0.1) is 48.3 Å². The van der Waals surface area contributed by atoms with Gasteiger partial charge in [0.15, 0.2) is 11.5 Å². The van der Waals surface area contributed by atoms with Gasteiger partial charge >= 0.3 is 0 Å². The second kappa shape index (κ2) is 11.2. The maximum Gasteiger partial charge on any atom is 0.270 e. The van der Waals surface area contributed by atoms with Crippen molar-refractivity contribution in [1.82, 2.24) is 30.5 Å². The molecule has 11 nitrogen and oxygen atoms in total. The average molecular weight is 501 g/mol. The van der Waals surface area contributed by atoms with Gasteiger partial charge in [-0.3, -0.25) is 4.98 Å². The van der Waals surface area contributed by atoms with Crippen molar-refractivity contribution >= 4 is 5.82 Å². The Balaban J connectivity index is 1.55. The van der Waals surface area contributed by atoms with Gasteiger partial charge in [-0.2, -0.15) is 5.26 Å². The normalized spacial score (nSPS) is 12.3. The van der Waals surface area contributed by atoms with E-state index in [4.69, 9.17) is 14.9 Å². The Kier molecular flexibility index (Phi) is 7.83. The summed E-state index contributed by atoms with van der Waals surface area (Å²) in [4.78, 5) is 13.2. The van der Waals surface area contributed by atoms with Gasteiger partial charge in [0.25, 0.3) is 5.89 Å². The number of methoxy groups -OCH3 is 1. The third kappa shape index (κ3) is 5.95. The van der Waals surface area contributed by atoms with Crippen molar-refractivity contribution in [3.05, 3.63) is 60.0 Å². The first-order valence-electron chi connectivity index (χ1n) is 11.6. The van der Waals surface area contributed by atoms with E-state index in [9.17, 15) is 10.4 Å². The van der Waals surface area contributed by atoms with E-state index >= 15 is 0 Å². The summed E-state index contributed by atoms with van der Waals surface area (Å²) in [6.07, 6.45) is 3.18. The molecule has 0 bridgehead atoms. The second-order valence-electron chi connectivity index (χ2n) is 8.98. The highest BCUT2D eigenvalue weighted by Gasteiger charge is 2.23. The molecule has 4 aromatic rings. The quantitative estimate of drug-likeness (QED) is 0.293. The van der Waals surface area contributed by atoms with Crippen molar-refractivity contribution in [3.8, 4) is 40.4 Å². The third-order valence-electron chi connectivity index (χ3n) is 5.79. The van der Waals surface area contributed by atoms with E-state index in [2.05, 4.69) is 36.5 Å². The molecular weight excluding hydrogens is 472 g/mol. The lowest BCUT2D eigenvalue weighted by atomic mass is 9.90. The third-order valence-corrected chi connectivity index (χ3v) is 5.79. The van der Waals surface area contributed by atoms with Crippen molar-refractivity contribution in [3.63, 3.8) is 0 Å². The number of benzene rings is 1. The monoisotopic (exact) mass is 500 g/mol. The highest BCUT2D eigenvalue weighted by molar-refractivity contribution is 5.69. The molecule has 190 valence electrons. The number of aromatic nitrogens is 5. The molecule has 1 unspecified atom stereocenters. The number of aliphatic hydroxyl groups is 1. The molecule has 0 aliphatic carbocycles. The summed E-state index contributed by atoms with van der Waals surface area (Å²) in [5, 5.41) is 30.4. The molecule has 37 heavy (non-hydrogen) atoms. The van der Waals surface area contributed by atoms with Crippen molar-refractivity contribution in [2.75, 3.05) is 26.1 Å². The molecule has 1 aromatic carbocycles. The van der Waals surface area contributed by atoms with Crippen LogP contribution in [-0.4, -0.2) is 56.6 Å². The zero-order valence-electron chi connectivity index (χ0n) is 20.8. The lowest BCUT2D eigenvalue weighted by Gasteiger charge is -2.15. The number of nitrogens with two attached hydrogens (primary N) is 1. The Labute approximate surface area is 214 Å². The van der Waals surface area contributed by atoms with Crippen molar-refractivity contribution < 1.29 is 14.3 Å². The van der Waals surface area contributed by atoms with Crippen molar-refractivity contribution in [2.45, 2.75) is 31.8 Å². The van der Waals surface area contributed by atoms with Crippen LogP contribution in [0, 0.1) is 11.3 Å². The molecule has 4 rings (SSSR count). The number of nitrogens with one attached hydrogen (secondary N) is 1. The number of nitrogens with zero attached hydrogens (tertiary/aromatic N) is 6. The standard InChI is InChI=1S/C26H28N8O3/c1-26(2,15-27)21-10-18(8-9-29-21)20-12-31-23(28)22(32-20)25-34-33-24(37-25)17-6-4-16(5-7-17)11-30-19(13-35)14-36-3/h4-10,12,19,30,35H,11,13-14H2,1-3H3,(H2,28,31). The molecule has 0 amide bonds. The van der Waals surface area contributed by atoms with E-state index in [1.807, 2.05) is 24.3 Å². The molecule has 0 aliphatic rings. The van der Waals surface area contributed by atoms with Crippen LogP contribution in [-0.2, 0) is 16.7 Å². The number of aliphatic hydroxyl groups excluding tert-OH is 1. The Bertz CT molecular complexity index is 1400. The van der Waals surface area contributed by atoms with Gasteiger partial charge in [-0.15, -0.1) is 10.2 Å². The molecule has 3 aromatic heterocycles. The van der Waals surface area contributed by atoms with E-state index in [1.165, 1.54) is 0 Å². The van der Waals surface area contributed by atoms with Crippen LogP contribution in [0.4, 0.5) is 5.82 Å². The van der Waals surface area contributed by atoms with Gasteiger partial charge < -0.3 is 25.3 Å². The summed E-state index contributed by atoms with van der Waals surface area (Å²) >= 11 is 0. The van der Waals surface area contributed by atoms with E-state index in [0.29, 0.717) is 30.4 Å². The van der Waals surface area contributed by atoms with E-state index in [-0.39, 0.29) is 30.1 Å². The highest BCUT2D eigenvalue weighted by Crippen LogP contribution is 2.29. The van der Waals surface area contributed by atoms with Crippen LogP contribution >= 0.6 is 0 Å². The summed E-state index contributed by atoms with van der Waals surface area (Å²) in [7, 11) is 1.60. The molecule has 4 N–H and O–H groups in total. The molecule has 0 spiro atoms. The number of pyridine rings is 1. The molecule has 0 fully saturated rings. The number of hydrogen-bond acceptors (Lipinski definition) is 11. The van der Waals surface area contributed by atoms with Gasteiger partial charge in [0.2, 0.25) is 5.89 Å². The van der Waals surface area contributed by atoms with Gasteiger partial charge in [-0.1, -0.05) is 12.1 Å². The minimum absolute atomic E-state index is 0.00983. The van der Waals surface area contributed by atoms with Crippen LogP contribution < -0.4 is 11.1 Å². The minimum atomic E-state index is -0.752. The van der Waals surface area contributed by atoms with Crippen LogP contribution in [0.1, 0.15) is 25.1 Å². The SMILES string of the molecule is COCC(CO)NCc1ccc(-c2nnc(-c3nc(-c4ccnc(C(C)(C)C#N)c4)cnc3N)o2)cc1. The summed E-state index contributed by atoms with van der Waals surface area (Å²) < 4.78 is 11.0. The number of anilines is 1. The van der Waals surface area contributed by atoms with Crippen LogP contribution in [0.2, 0.25) is 0 Å². The summed E-state index contributed by atoms with van der Waals surface area (Å²) in [6, 6.07) is 13.3. The maximum atomic E-state index is 9.45. The van der Waals surface area contributed by atoms with Gasteiger partial charge in [-0.05, 0) is 43.7 Å². The minimum Gasteiger partial charge on any atom is -0.414 e. The molecule has 0 saturated heterocycles. The fraction of sp³-hybridized carbons (Fsp3) is 0.308. The second-order valence-corrected chi connectivity index (χ2v) is 8.98. The number of rotatable bonds is 10. The van der Waals surface area contributed by atoms with Crippen molar-refractivity contribution in [2.24, 2.45) is 0 Å². The Morgan fingerprint density at radius 2 is 1.89 bits per heavy atom. The molecule has 0 saturated carbocycles. The summed E-state index contributed by atoms with van der Waals surface area (Å²) in [5.41, 5.74) is 9.26. The lowest BCUT2D eigenvalue weighted by Crippen LogP contribution is -2.35. The van der Waals surface area contributed by atoms with Crippen LogP contribution in [0.3, 0.4) is 0 Å². The number of nitrogen functional groups attached to an aromatic ring is 1. The Hall–Kier alpha value is -4.24. The molecule has 1 atom stereocenters. The number of hydrogen-bond donors (Lipinski definition) is 3. The topological polar surface area (TPSA) is 169 Å². The molecular formula is C26H28N8O3. The van der Waals surface area contributed by atoms with E-state index in [1.54, 1.807) is 45.5 Å².